The molecule has 1 aliphatic rings. The van der Waals surface area contributed by atoms with Crippen LogP contribution in [0.15, 0.2) is 46.9 Å². The molecule has 3 unspecified atom stereocenters. The normalized spacial score (nSPS) is 22.0. The van der Waals surface area contributed by atoms with E-state index in [1.54, 1.807) is 0 Å². The van der Waals surface area contributed by atoms with Gasteiger partial charge in [0.1, 0.15) is 17.6 Å². The Hall–Kier alpha value is -2.07. The number of furan rings is 1. The molecule has 3 rings (SSSR count). The van der Waals surface area contributed by atoms with Crippen molar-refractivity contribution < 1.29 is 14.3 Å². The van der Waals surface area contributed by atoms with Gasteiger partial charge >= 0.3 is 5.97 Å². The Morgan fingerprint density at radius 1 is 1.33 bits per heavy atom. The zero-order valence-electron chi connectivity index (χ0n) is 12.0. The summed E-state index contributed by atoms with van der Waals surface area (Å²) < 4.78 is 5.79. The predicted molar refractivity (Wildman–Crippen MR) is 78.9 cm³/mol. The highest BCUT2D eigenvalue weighted by Gasteiger charge is 2.36. The molecule has 110 valence electrons. The van der Waals surface area contributed by atoms with E-state index in [-0.39, 0.29) is 0 Å². The number of benzene rings is 1. The van der Waals surface area contributed by atoms with Crippen LogP contribution in [-0.4, -0.2) is 11.1 Å². The fourth-order valence-corrected chi connectivity index (χ4v) is 2.60. The molecule has 1 aliphatic carbocycles. The van der Waals surface area contributed by atoms with Crippen LogP contribution in [0.25, 0.3) is 0 Å². The van der Waals surface area contributed by atoms with E-state index < -0.39 is 12.0 Å². The Labute approximate surface area is 123 Å². The minimum atomic E-state index is -0.885. The van der Waals surface area contributed by atoms with Crippen molar-refractivity contribution in [3.8, 4) is 0 Å². The van der Waals surface area contributed by atoms with E-state index in [1.165, 1.54) is 6.42 Å². The lowest BCUT2D eigenvalue weighted by atomic mass is 10.1. The van der Waals surface area contributed by atoms with Gasteiger partial charge in [0, 0.05) is 5.92 Å². The predicted octanol–water partition coefficient (Wildman–Crippen LogP) is 3.32. The lowest BCUT2D eigenvalue weighted by molar-refractivity contribution is -0.139. The molecule has 4 nitrogen and oxygen atoms in total. The van der Waals surface area contributed by atoms with Gasteiger partial charge in [0.2, 0.25) is 0 Å². The van der Waals surface area contributed by atoms with Gasteiger partial charge in [-0.3, -0.25) is 10.1 Å². The summed E-state index contributed by atoms with van der Waals surface area (Å²) in [7, 11) is 0. The first-order valence-corrected chi connectivity index (χ1v) is 7.25. The van der Waals surface area contributed by atoms with Crippen molar-refractivity contribution in [2.75, 3.05) is 0 Å². The fourth-order valence-electron chi connectivity index (χ4n) is 2.60. The molecule has 3 atom stereocenters. The second kappa shape index (κ2) is 5.74. The minimum Gasteiger partial charge on any atom is -0.480 e. The van der Waals surface area contributed by atoms with Gasteiger partial charge in [-0.1, -0.05) is 37.3 Å². The van der Waals surface area contributed by atoms with Crippen LogP contribution in [-0.2, 0) is 11.3 Å². The van der Waals surface area contributed by atoms with E-state index in [0.29, 0.717) is 18.4 Å². The monoisotopic (exact) mass is 285 g/mol. The van der Waals surface area contributed by atoms with Crippen LogP contribution >= 0.6 is 0 Å². The first-order valence-electron chi connectivity index (χ1n) is 7.25. The molecule has 2 N–H and O–H groups in total. The van der Waals surface area contributed by atoms with Gasteiger partial charge < -0.3 is 9.52 Å². The molecule has 1 fully saturated rings. The van der Waals surface area contributed by atoms with Gasteiger partial charge in [0.15, 0.2) is 0 Å². The summed E-state index contributed by atoms with van der Waals surface area (Å²) in [5.41, 5.74) is 0.743. The van der Waals surface area contributed by atoms with Crippen LogP contribution in [0.2, 0.25) is 0 Å². The first kappa shape index (κ1) is 13.9. The Morgan fingerprint density at radius 2 is 2.05 bits per heavy atom. The number of carbonyl (C=O) groups is 1. The molecule has 2 aromatic rings. The maximum atomic E-state index is 11.4. The molecular formula is C17H19NO3. The van der Waals surface area contributed by atoms with Crippen molar-refractivity contribution in [2.24, 2.45) is 5.92 Å². The van der Waals surface area contributed by atoms with E-state index in [9.17, 15) is 9.90 Å². The van der Waals surface area contributed by atoms with Crippen molar-refractivity contribution >= 4 is 5.97 Å². The largest absolute Gasteiger partial charge is 0.480 e. The van der Waals surface area contributed by atoms with Gasteiger partial charge in [-0.25, -0.2) is 0 Å². The molecule has 0 radical (unpaired) electrons. The van der Waals surface area contributed by atoms with Crippen LogP contribution < -0.4 is 5.32 Å². The molecule has 1 saturated carbocycles. The quantitative estimate of drug-likeness (QED) is 0.854. The maximum absolute atomic E-state index is 11.4. The molecule has 0 saturated heterocycles. The lowest BCUT2D eigenvalue weighted by Gasteiger charge is -2.13. The Bertz CT molecular complexity index is 620. The zero-order valence-corrected chi connectivity index (χ0v) is 12.0. The Morgan fingerprint density at radius 3 is 2.67 bits per heavy atom. The van der Waals surface area contributed by atoms with Crippen LogP contribution in [0.1, 0.15) is 42.4 Å². The summed E-state index contributed by atoms with van der Waals surface area (Å²) in [5, 5.41) is 12.4. The first-order chi connectivity index (χ1) is 10.1. The number of nitrogens with one attached hydrogen (secondary N) is 1. The molecule has 0 spiro atoms. The molecule has 1 heterocycles. The average Bonchev–Trinajstić information content (AvgIpc) is 3.02. The lowest BCUT2D eigenvalue weighted by Crippen LogP contribution is -2.27. The summed E-state index contributed by atoms with van der Waals surface area (Å²) >= 11 is 0. The zero-order chi connectivity index (χ0) is 14.8. The van der Waals surface area contributed by atoms with Gasteiger partial charge in [-0.15, -0.1) is 0 Å². The van der Waals surface area contributed by atoms with Crippen molar-refractivity contribution in [2.45, 2.75) is 31.8 Å². The number of hydrogen-bond acceptors (Lipinski definition) is 3. The van der Waals surface area contributed by atoms with Crippen LogP contribution in [0.4, 0.5) is 0 Å². The average molecular weight is 285 g/mol. The number of carboxylic acids is 1. The van der Waals surface area contributed by atoms with Gasteiger partial charge in [-0.2, -0.15) is 0 Å². The molecule has 1 aromatic carbocycles. The SMILES string of the molecule is CC1CC1c1ccc(CNC(C(=O)O)c2ccccc2)o1. The summed E-state index contributed by atoms with van der Waals surface area (Å²) in [4.78, 5) is 11.4. The summed E-state index contributed by atoms with van der Waals surface area (Å²) in [6.07, 6.45) is 1.18. The Kier molecular flexibility index (Phi) is 3.80. The third kappa shape index (κ3) is 3.16. The third-order valence-corrected chi connectivity index (χ3v) is 4.02. The van der Waals surface area contributed by atoms with Crippen molar-refractivity contribution in [1.82, 2.24) is 5.32 Å². The van der Waals surface area contributed by atoms with E-state index in [4.69, 9.17) is 4.42 Å². The molecule has 1 aromatic heterocycles. The topological polar surface area (TPSA) is 62.5 Å². The number of hydrogen-bond donors (Lipinski definition) is 2. The minimum absolute atomic E-state index is 0.410. The van der Waals surface area contributed by atoms with E-state index in [0.717, 1.165) is 17.1 Å². The second-order valence-electron chi connectivity index (χ2n) is 5.69. The van der Waals surface area contributed by atoms with Gasteiger partial charge in [0.05, 0.1) is 6.54 Å². The molecule has 0 amide bonds. The van der Waals surface area contributed by atoms with Crippen molar-refractivity contribution in [3.05, 3.63) is 59.5 Å². The molecule has 4 heteroatoms. The maximum Gasteiger partial charge on any atom is 0.325 e. The summed E-state index contributed by atoms with van der Waals surface area (Å²) in [6, 6.07) is 12.4. The molecular weight excluding hydrogens is 266 g/mol. The molecule has 0 aliphatic heterocycles. The van der Waals surface area contributed by atoms with E-state index in [2.05, 4.69) is 12.2 Å². The second-order valence-corrected chi connectivity index (χ2v) is 5.69. The number of aliphatic carboxylic acids is 1. The van der Waals surface area contributed by atoms with Crippen molar-refractivity contribution in [1.29, 1.82) is 0 Å². The highest BCUT2D eigenvalue weighted by molar-refractivity contribution is 5.75. The molecule has 0 bridgehead atoms. The van der Waals surface area contributed by atoms with E-state index >= 15 is 0 Å². The molecule has 21 heavy (non-hydrogen) atoms. The third-order valence-electron chi connectivity index (χ3n) is 4.02. The van der Waals surface area contributed by atoms with Crippen LogP contribution in [0.3, 0.4) is 0 Å². The number of carboxylic acid groups (broad SMARTS) is 1. The standard InChI is InChI=1S/C17H19NO3/c1-11-9-14(11)15-8-7-13(21-15)10-18-16(17(19)20)12-5-3-2-4-6-12/h2-8,11,14,16,18H,9-10H2,1H3,(H,19,20). The smallest absolute Gasteiger partial charge is 0.325 e. The van der Waals surface area contributed by atoms with Crippen molar-refractivity contribution in [3.63, 3.8) is 0 Å². The van der Waals surface area contributed by atoms with E-state index in [1.807, 2.05) is 42.5 Å². The number of rotatable bonds is 6. The highest BCUT2D eigenvalue weighted by atomic mass is 16.4. The van der Waals surface area contributed by atoms with Gasteiger partial charge in [-0.05, 0) is 30.0 Å². The van der Waals surface area contributed by atoms with Crippen LogP contribution in [0, 0.1) is 5.92 Å². The summed E-state index contributed by atoms with van der Waals surface area (Å²) in [5.74, 6) is 2.16. The van der Waals surface area contributed by atoms with Crippen LogP contribution in [0.5, 0.6) is 0 Å². The van der Waals surface area contributed by atoms with Gasteiger partial charge in [0.25, 0.3) is 0 Å². The fraction of sp³-hybridized carbons (Fsp3) is 0.353. The summed E-state index contributed by atoms with van der Waals surface area (Å²) in [6.45, 7) is 2.62. The Balaban J connectivity index is 1.64. The highest BCUT2D eigenvalue weighted by Crippen LogP contribution is 2.47.